The summed E-state index contributed by atoms with van der Waals surface area (Å²) in [5.41, 5.74) is 10.8. The largest absolute Gasteiger partial charge is 2.00 e. The van der Waals surface area contributed by atoms with Crippen molar-refractivity contribution in [1.82, 2.24) is 40.3 Å². The van der Waals surface area contributed by atoms with Crippen molar-refractivity contribution in [2.75, 3.05) is 0 Å². The van der Waals surface area contributed by atoms with Gasteiger partial charge < -0.3 is 20.4 Å². The molecule has 0 N–H and O–H groups in total. The zero-order valence-electron chi connectivity index (χ0n) is 22.4. The molecule has 0 amide bonds. The van der Waals surface area contributed by atoms with Gasteiger partial charge in [-0.15, -0.1) is 0 Å². The number of rotatable bonds is 2. The zero-order valence-corrected chi connectivity index (χ0v) is 24.7. The third-order valence-corrected chi connectivity index (χ3v) is 7.48. The van der Waals surface area contributed by atoms with Gasteiger partial charge in [-0.3, -0.25) is 0 Å². The Morgan fingerprint density at radius 2 is 1.05 bits per heavy atom. The van der Waals surface area contributed by atoms with E-state index in [0.29, 0.717) is 0 Å². The van der Waals surface area contributed by atoms with Crippen molar-refractivity contribution < 1.29 is 21.1 Å². The van der Waals surface area contributed by atoms with E-state index in [-0.39, 0.29) is 31.9 Å². The molecule has 0 spiro atoms. The maximum absolute atomic E-state index is 4.41. The Hall–Kier alpha value is -2.73. The Balaban J connectivity index is 0.000000168. The SMILES string of the molecule is Cc1cc(-c2[n-]nc3c2CCCC3(C)C)ncn1.Cc1cc(-c2[n-]nc3c2CCCC3(C)C)ncn1.[Pt+2]. The van der Waals surface area contributed by atoms with Crippen molar-refractivity contribution in [1.29, 1.82) is 0 Å². The molecule has 196 valence electrons. The smallest absolute Gasteiger partial charge is 0.573 e. The number of nitrogens with zero attached hydrogens (tertiary/aromatic N) is 8. The van der Waals surface area contributed by atoms with E-state index in [9.17, 15) is 0 Å². The average molecular weight is 678 g/mol. The fourth-order valence-electron chi connectivity index (χ4n) is 5.46. The van der Waals surface area contributed by atoms with Gasteiger partial charge >= 0.3 is 21.1 Å². The van der Waals surface area contributed by atoms with Crippen molar-refractivity contribution in [3.63, 3.8) is 0 Å². The van der Waals surface area contributed by atoms with E-state index in [0.717, 1.165) is 58.4 Å². The molecule has 9 heteroatoms. The van der Waals surface area contributed by atoms with E-state index >= 15 is 0 Å². The molecule has 4 heterocycles. The maximum atomic E-state index is 4.41. The van der Waals surface area contributed by atoms with E-state index < -0.39 is 0 Å². The molecule has 0 bridgehead atoms. The summed E-state index contributed by atoms with van der Waals surface area (Å²) < 4.78 is 0. The second kappa shape index (κ2) is 10.6. The molecule has 6 rings (SSSR count). The molecule has 8 nitrogen and oxygen atoms in total. The Morgan fingerprint density at radius 3 is 1.43 bits per heavy atom. The molecule has 0 unspecified atom stereocenters. The molecular formula is C28H34N8Pt. The molecular weight excluding hydrogens is 643 g/mol. The number of aryl methyl sites for hydroxylation is 2. The van der Waals surface area contributed by atoms with Gasteiger partial charge in [0.2, 0.25) is 0 Å². The normalized spacial score (nSPS) is 17.0. The summed E-state index contributed by atoms with van der Waals surface area (Å²) in [5.74, 6) is 0. The first-order valence-electron chi connectivity index (χ1n) is 12.8. The topological polar surface area (TPSA) is 106 Å². The molecule has 2 aliphatic carbocycles. The molecule has 2 aliphatic rings. The fraction of sp³-hybridized carbons (Fsp3) is 0.500. The van der Waals surface area contributed by atoms with Crippen LogP contribution >= 0.6 is 0 Å². The van der Waals surface area contributed by atoms with Crippen LogP contribution in [0.2, 0.25) is 0 Å². The van der Waals surface area contributed by atoms with E-state index in [4.69, 9.17) is 0 Å². The molecule has 0 aromatic carbocycles. The van der Waals surface area contributed by atoms with Crippen molar-refractivity contribution in [2.24, 2.45) is 0 Å². The molecule has 0 fully saturated rings. The van der Waals surface area contributed by atoms with Crippen LogP contribution in [0.15, 0.2) is 24.8 Å². The van der Waals surface area contributed by atoms with Crippen LogP contribution in [0, 0.1) is 13.8 Å². The van der Waals surface area contributed by atoms with Gasteiger partial charge in [0, 0.05) is 33.6 Å². The summed E-state index contributed by atoms with van der Waals surface area (Å²) >= 11 is 0. The minimum atomic E-state index is 0. The average Bonchev–Trinajstić information content (AvgIpc) is 3.46. The van der Waals surface area contributed by atoms with Gasteiger partial charge in [-0.25, -0.2) is 19.9 Å². The third kappa shape index (κ3) is 5.45. The Kier molecular flexibility index (Phi) is 7.80. The summed E-state index contributed by atoms with van der Waals surface area (Å²) in [4.78, 5) is 16.9. The Bertz CT molecular complexity index is 1280. The number of hydrogen-bond donors (Lipinski definition) is 0. The van der Waals surface area contributed by atoms with Gasteiger partial charge in [-0.05, 0) is 75.6 Å². The van der Waals surface area contributed by atoms with Gasteiger partial charge in [-0.1, -0.05) is 39.1 Å². The Morgan fingerprint density at radius 1 is 0.649 bits per heavy atom. The van der Waals surface area contributed by atoms with Crippen LogP contribution < -0.4 is 10.2 Å². The standard InChI is InChI=1S/2C14H17N4.Pt/c2*1-9-7-11(16-8-15-9)12-10-5-4-6-14(2,3)13(10)18-17-12;/h2*7-8H,4-6H2,1-3H3;/q2*-1;+2. The predicted octanol–water partition coefficient (Wildman–Crippen LogP) is 4.83. The summed E-state index contributed by atoms with van der Waals surface area (Å²) in [5, 5.41) is 17.5. The monoisotopic (exact) mass is 677 g/mol. The fourth-order valence-corrected chi connectivity index (χ4v) is 5.46. The van der Waals surface area contributed by atoms with Gasteiger partial charge in [0.05, 0.1) is 11.4 Å². The molecule has 37 heavy (non-hydrogen) atoms. The van der Waals surface area contributed by atoms with Crippen LogP contribution in [0.4, 0.5) is 0 Å². The van der Waals surface area contributed by atoms with Crippen molar-refractivity contribution in [3.8, 4) is 22.8 Å². The number of fused-ring (bicyclic) bond motifs is 2. The first-order chi connectivity index (χ1) is 17.2. The second-order valence-electron chi connectivity index (χ2n) is 11.3. The maximum Gasteiger partial charge on any atom is 2.00 e. The van der Waals surface area contributed by atoms with E-state index in [2.05, 4.69) is 68.0 Å². The first kappa shape index (κ1) is 27.3. The predicted molar refractivity (Wildman–Crippen MR) is 139 cm³/mol. The van der Waals surface area contributed by atoms with Crippen LogP contribution in [0.1, 0.15) is 87.3 Å². The van der Waals surface area contributed by atoms with E-state index in [1.54, 1.807) is 12.7 Å². The van der Waals surface area contributed by atoms with Gasteiger partial charge in [0.25, 0.3) is 0 Å². The molecule has 0 saturated heterocycles. The summed E-state index contributed by atoms with van der Waals surface area (Å²) in [7, 11) is 0. The van der Waals surface area contributed by atoms with Gasteiger partial charge in [-0.2, -0.15) is 0 Å². The van der Waals surface area contributed by atoms with Crippen LogP contribution in [0.25, 0.3) is 22.8 Å². The summed E-state index contributed by atoms with van der Waals surface area (Å²) in [6, 6.07) is 3.96. The van der Waals surface area contributed by atoms with Crippen LogP contribution in [0.3, 0.4) is 0 Å². The molecule has 0 aliphatic heterocycles. The summed E-state index contributed by atoms with van der Waals surface area (Å²) in [6.07, 6.45) is 10.1. The van der Waals surface area contributed by atoms with E-state index in [1.807, 2.05) is 26.0 Å². The van der Waals surface area contributed by atoms with Gasteiger partial charge in [0.1, 0.15) is 12.7 Å². The zero-order chi connectivity index (χ0) is 25.5. The minimum Gasteiger partial charge on any atom is -0.573 e. The van der Waals surface area contributed by atoms with Crippen LogP contribution in [0.5, 0.6) is 0 Å². The van der Waals surface area contributed by atoms with Crippen molar-refractivity contribution in [2.45, 2.75) is 90.9 Å². The quantitative estimate of drug-likeness (QED) is 0.297. The second-order valence-corrected chi connectivity index (χ2v) is 11.3. The summed E-state index contributed by atoms with van der Waals surface area (Å²) in [6.45, 7) is 12.9. The molecule has 4 aromatic heterocycles. The molecule has 4 aromatic rings. The van der Waals surface area contributed by atoms with Crippen LogP contribution in [-0.2, 0) is 44.7 Å². The molecule has 0 radical (unpaired) electrons. The first-order valence-corrected chi connectivity index (χ1v) is 12.8. The van der Waals surface area contributed by atoms with Crippen molar-refractivity contribution in [3.05, 3.63) is 58.7 Å². The molecule has 0 atom stereocenters. The van der Waals surface area contributed by atoms with Gasteiger partial charge in [0.15, 0.2) is 0 Å². The van der Waals surface area contributed by atoms with E-state index in [1.165, 1.54) is 36.8 Å². The Labute approximate surface area is 233 Å². The third-order valence-electron chi connectivity index (χ3n) is 7.48. The van der Waals surface area contributed by atoms with Crippen LogP contribution in [-0.4, -0.2) is 30.1 Å². The minimum absolute atomic E-state index is 0. The number of aromatic nitrogens is 8. The molecule has 0 saturated carbocycles. The van der Waals surface area contributed by atoms with Crippen molar-refractivity contribution >= 4 is 0 Å². The number of hydrogen-bond acceptors (Lipinski definition) is 6.